The van der Waals surface area contributed by atoms with Crippen LogP contribution in [0.4, 0.5) is 17.6 Å². The van der Waals surface area contributed by atoms with Crippen LogP contribution in [0, 0.1) is 0 Å². The van der Waals surface area contributed by atoms with Gasteiger partial charge in [0, 0.05) is 0 Å². The number of halogens is 6. The Kier molecular flexibility index (Phi) is 3.07. The van der Waals surface area contributed by atoms with Gasteiger partial charge in [-0.1, -0.05) is 0 Å². The van der Waals surface area contributed by atoms with Gasteiger partial charge in [-0.3, -0.25) is 0 Å². The lowest BCUT2D eigenvalue weighted by Crippen LogP contribution is -2.32. The maximum absolute atomic E-state index is 13.0. The third-order valence-corrected chi connectivity index (χ3v) is 3.23. The molecule has 1 aliphatic carbocycles. The van der Waals surface area contributed by atoms with Crippen molar-refractivity contribution in [3.63, 3.8) is 0 Å². The zero-order valence-corrected chi connectivity index (χ0v) is 9.74. The molecule has 2 unspecified atom stereocenters. The molecule has 1 rings (SSSR count). The maximum Gasteiger partial charge on any atom is 0.249 e. The largest absolute Gasteiger partial charge is 0.249 e. The van der Waals surface area contributed by atoms with Crippen LogP contribution < -0.4 is 0 Å². The molecule has 0 amide bonds. The molecule has 0 aromatic rings. The van der Waals surface area contributed by atoms with Gasteiger partial charge in [0.2, 0.25) is 9.85 Å². The van der Waals surface area contributed by atoms with Gasteiger partial charge < -0.3 is 0 Å². The van der Waals surface area contributed by atoms with E-state index in [2.05, 4.69) is 0 Å². The van der Waals surface area contributed by atoms with Crippen LogP contribution in [0.3, 0.4) is 0 Å². The summed E-state index contributed by atoms with van der Waals surface area (Å²) in [5, 5.41) is 0. The molecule has 0 aromatic heterocycles. The molecule has 0 saturated carbocycles. The maximum atomic E-state index is 13.0. The number of hydrogen-bond donors (Lipinski definition) is 0. The summed E-state index contributed by atoms with van der Waals surface area (Å²) in [4.78, 5) is 0. The molecular formula is C6H2F4I2. The van der Waals surface area contributed by atoms with Gasteiger partial charge in [-0.2, -0.15) is 0 Å². The van der Waals surface area contributed by atoms with Crippen molar-refractivity contribution in [2.24, 2.45) is 0 Å². The predicted octanol–water partition coefficient (Wildman–Crippen LogP) is 3.91. The van der Waals surface area contributed by atoms with E-state index in [1.807, 2.05) is 0 Å². The monoisotopic (exact) mass is 404 g/mol. The molecule has 68 valence electrons. The Balaban J connectivity index is 3.16. The number of allylic oxidation sites excluding steroid dienone is 4. The first-order chi connectivity index (χ1) is 5.37. The lowest BCUT2D eigenvalue weighted by molar-refractivity contribution is 0.161. The van der Waals surface area contributed by atoms with Crippen LogP contribution in [0.2, 0.25) is 0 Å². The first kappa shape index (κ1) is 10.7. The Bertz CT molecular complexity index is 269. The third kappa shape index (κ3) is 1.64. The summed E-state index contributed by atoms with van der Waals surface area (Å²) in [6.45, 7) is 0. The lowest BCUT2D eigenvalue weighted by Gasteiger charge is -2.23. The van der Waals surface area contributed by atoms with E-state index in [1.165, 1.54) is 22.6 Å². The average molecular weight is 404 g/mol. The molecule has 0 radical (unpaired) electrons. The van der Waals surface area contributed by atoms with Crippen molar-refractivity contribution in [2.75, 3.05) is 0 Å². The molecule has 0 heterocycles. The predicted molar refractivity (Wildman–Crippen MR) is 54.1 cm³/mol. The molecular weight excluding hydrogens is 402 g/mol. The first-order valence-electron chi connectivity index (χ1n) is 2.82. The van der Waals surface area contributed by atoms with Crippen molar-refractivity contribution >= 4 is 45.2 Å². The number of hydrogen-bond acceptors (Lipinski definition) is 0. The molecule has 2 atom stereocenters. The van der Waals surface area contributed by atoms with Crippen molar-refractivity contribution < 1.29 is 17.6 Å². The van der Waals surface area contributed by atoms with E-state index in [9.17, 15) is 17.6 Å². The Morgan fingerprint density at radius 1 is 1.42 bits per heavy atom. The van der Waals surface area contributed by atoms with Crippen LogP contribution >= 0.6 is 45.2 Å². The van der Waals surface area contributed by atoms with Crippen LogP contribution in [0.15, 0.2) is 21.3 Å². The highest BCUT2D eigenvalue weighted by molar-refractivity contribution is 14.1. The summed E-state index contributed by atoms with van der Waals surface area (Å²) in [7, 11) is 0. The standard InChI is InChI=1S/C6H2F4I2/c7-3-1-2(11)4(8)5(9)6(3,10)12/h1,5H. The zero-order chi connectivity index (χ0) is 9.52. The van der Waals surface area contributed by atoms with E-state index in [-0.39, 0.29) is 3.58 Å². The van der Waals surface area contributed by atoms with E-state index in [4.69, 9.17) is 0 Å². The van der Waals surface area contributed by atoms with Gasteiger partial charge in [0.05, 0.1) is 3.58 Å². The van der Waals surface area contributed by atoms with Crippen LogP contribution in [-0.4, -0.2) is 9.85 Å². The number of alkyl halides is 3. The Morgan fingerprint density at radius 2 is 1.92 bits per heavy atom. The van der Waals surface area contributed by atoms with E-state index in [0.29, 0.717) is 6.08 Å². The highest BCUT2D eigenvalue weighted by atomic mass is 127. The van der Waals surface area contributed by atoms with Crippen LogP contribution in [0.5, 0.6) is 0 Å². The molecule has 0 fully saturated rings. The van der Waals surface area contributed by atoms with Crippen LogP contribution in [0.25, 0.3) is 0 Å². The fraction of sp³-hybridized carbons (Fsp3) is 0.333. The highest BCUT2D eigenvalue weighted by Crippen LogP contribution is 2.45. The topological polar surface area (TPSA) is 0 Å². The fourth-order valence-corrected chi connectivity index (χ4v) is 1.65. The number of rotatable bonds is 0. The molecule has 0 aromatic carbocycles. The van der Waals surface area contributed by atoms with Crippen molar-refractivity contribution in [2.45, 2.75) is 9.85 Å². The van der Waals surface area contributed by atoms with Crippen molar-refractivity contribution in [3.8, 4) is 0 Å². The summed E-state index contributed by atoms with van der Waals surface area (Å²) >= 11 is 2.31. The summed E-state index contributed by atoms with van der Waals surface area (Å²) in [6, 6.07) is 0. The quantitative estimate of drug-likeness (QED) is 0.327. The highest BCUT2D eigenvalue weighted by Gasteiger charge is 2.47. The first-order valence-corrected chi connectivity index (χ1v) is 4.98. The van der Waals surface area contributed by atoms with Gasteiger partial charge in [-0.25, -0.2) is 17.6 Å². The smallest absolute Gasteiger partial charge is 0.235 e. The van der Waals surface area contributed by atoms with Gasteiger partial charge in [0.25, 0.3) is 0 Å². The van der Waals surface area contributed by atoms with E-state index in [1.54, 1.807) is 0 Å². The second kappa shape index (κ2) is 3.43. The summed E-state index contributed by atoms with van der Waals surface area (Å²) in [5.41, 5.74) is 0. The minimum absolute atomic E-state index is 0.234. The normalized spacial score (nSPS) is 36.8. The van der Waals surface area contributed by atoms with Gasteiger partial charge in [-0.15, -0.1) is 0 Å². The molecule has 0 spiro atoms. The second-order valence-corrected chi connectivity index (χ2v) is 4.91. The van der Waals surface area contributed by atoms with Gasteiger partial charge >= 0.3 is 0 Å². The van der Waals surface area contributed by atoms with Crippen LogP contribution in [0.1, 0.15) is 0 Å². The van der Waals surface area contributed by atoms with Gasteiger partial charge in [0.15, 0.2) is 11.7 Å². The Hall–Kier alpha value is 0.660. The summed E-state index contributed by atoms with van der Waals surface area (Å²) in [6.07, 6.45) is -1.90. The van der Waals surface area contributed by atoms with Gasteiger partial charge in [-0.05, 0) is 51.3 Å². The Morgan fingerprint density at radius 3 is 2.42 bits per heavy atom. The van der Waals surface area contributed by atoms with Gasteiger partial charge in [0.1, 0.15) is 0 Å². The van der Waals surface area contributed by atoms with Crippen molar-refractivity contribution in [1.29, 1.82) is 0 Å². The molecule has 6 heteroatoms. The molecule has 0 nitrogen and oxygen atoms in total. The molecule has 0 saturated heterocycles. The Labute approximate surface area is 93.4 Å². The summed E-state index contributed by atoms with van der Waals surface area (Å²) in [5.74, 6) is -2.55. The third-order valence-electron chi connectivity index (χ3n) is 1.34. The van der Waals surface area contributed by atoms with E-state index >= 15 is 0 Å². The minimum Gasteiger partial charge on any atom is -0.235 e. The molecule has 0 bridgehead atoms. The van der Waals surface area contributed by atoms with E-state index < -0.39 is 21.5 Å². The van der Waals surface area contributed by atoms with Crippen molar-refractivity contribution in [3.05, 3.63) is 21.3 Å². The average Bonchev–Trinajstić information content (AvgIpc) is 1.99. The molecule has 0 aliphatic heterocycles. The molecule has 1 aliphatic rings. The van der Waals surface area contributed by atoms with Crippen molar-refractivity contribution in [1.82, 2.24) is 0 Å². The van der Waals surface area contributed by atoms with E-state index in [0.717, 1.165) is 22.6 Å². The zero-order valence-electron chi connectivity index (χ0n) is 5.42. The second-order valence-electron chi connectivity index (χ2n) is 2.17. The lowest BCUT2D eigenvalue weighted by atomic mass is 10.1. The fourth-order valence-electron chi connectivity index (χ4n) is 0.678. The minimum atomic E-state index is -2.89. The molecule has 12 heavy (non-hydrogen) atoms. The van der Waals surface area contributed by atoms with Crippen LogP contribution in [-0.2, 0) is 0 Å². The summed E-state index contributed by atoms with van der Waals surface area (Å²) < 4.78 is 48.0. The molecule has 0 N–H and O–H groups in total. The SMILES string of the molecule is FC1=CC(I)=C(F)C(F)C1(F)I.